The molecule has 1 unspecified atom stereocenters. The van der Waals surface area contributed by atoms with Gasteiger partial charge in [0.05, 0.1) is 10.6 Å². The van der Waals surface area contributed by atoms with Gasteiger partial charge in [-0.15, -0.1) is 0 Å². The number of para-hydroxylation sites is 1. The number of hydrogen-bond acceptors (Lipinski definition) is 4. The number of fused-ring (bicyclic) bond motifs is 8. The second kappa shape index (κ2) is 8.62. The molecule has 0 saturated heterocycles. The van der Waals surface area contributed by atoms with Crippen molar-refractivity contribution in [3.05, 3.63) is 139 Å². The summed E-state index contributed by atoms with van der Waals surface area (Å²) in [5.41, 5.74) is 3.60. The lowest BCUT2D eigenvalue weighted by Gasteiger charge is -2.26. The second-order valence-electron chi connectivity index (χ2n) is 10.6. The maximum atomic E-state index is 14.7. The summed E-state index contributed by atoms with van der Waals surface area (Å²) in [5.74, 6) is 1.58. The molecule has 5 heteroatoms. The number of ether oxygens (including phenoxy) is 1. The molecular weight excluding hydrogens is 536 g/mol. The molecule has 198 valence electrons. The quantitative estimate of drug-likeness (QED) is 0.198. The first-order valence-electron chi connectivity index (χ1n) is 13.9. The molecule has 7 aromatic carbocycles. The first kappa shape index (κ1) is 23.4. The van der Waals surface area contributed by atoms with Gasteiger partial charge in [-0.05, 0) is 79.8 Å². The third-order valence-electron chi connectivity index (χ3n) is 8.24. The van der Waals surface area contributed by atoms with Crippen LogP contribution in [0.4, 0.5) is 5.69 Å². The van der Waals surface area contributed by atoms with Gasteiger partial charge in [-0.1, -0.05) is 97.1 Å². The molecule has 0 fully saturated rings. The van der Waals surface area contributed by atoms with Crippen molar-refractivity contribution >= 4 is 53.6 Å². The highest BCUT2D eigenvalue weighted by Gasteiger charge is 2.35. The molecule has 42 heavy (non-hydrogen) atoms. The molecule has 0 radical (unpaired) electrons. The molecule has 4 nitrogen and oxygen atoms in total. The van der Waals surface area contributed by atoms with Crippen molar-refractivity contribution < 1.29 is 8.95 Å². The van der Waals surface area contributed by atoms with Crippen LogP contribution in [0.1, 0.15) is 5.56 Å². The fourth-order valence-electron chi connectivity index (χ4n) is 6.34. The molecule has 0 aromatic heterocycles. The van der Waals surface area contributed by atoms with Crippen LogP contribution >= 0.6 is 0 Å². The molecule has 2 aliphatic rings. The molecule has 0 aliphatic carbocycles. The van der Waals surface area contributed by atoms with E-state index in [0.29, 0.717) is 32.8 Å². The van der Waals surface area contributed by atoms with Gasteiger partial charge in [-0.25, -0.2) is 9.20 Å². The molecule has 0 N–H and O–H groups in total. The van der Waals surface area contributed by atoms with Crippen LogP contribution < -0.4 is 4.74 Å². The minimum absolute atomic E-state index is 0.459. The van der Waals surface area contributed by atoms with Gasteiger partial charge in [0.2, 0.25) is 0 Å². The van der Waals surface area contributed by atoms with Gasteiger partial charge in [0.15, 0.2) is 5.84 Å². The van der Waals surface area contributed by atoms with Crippen LogP contribution in [0.3, 0.4) is 0 Å². The van der Waals surface area contributed by atoms with Gasteiger partial charge in [-0.2, -0.15) is 4.36 Å². The van der Waals surface area contributed by atoms with E-state index in [1.807, 2.05) is 54.6 Å². The zero-order chi connectivity index (χ0) is 27.8. The Labute approximate surface area is 242 Å². The molecule has 7 aromatic rings. The van der Waals surface area contributed by atoms with Crippen molar-refractivity contribution in [2.75, 3.05) is 0 Å². The summed E-state index contributed by atoms with van der Waals surface area (Å²) < 4.78 is 25.6. The average molecular weight is 559 g/mol. The van der Waals surface area contributed by atoms with E-state index < -0.39 is 9.73 Å². The van der Waals surface area contributed by atoms with Gasteiger partial charge in [0.25, 0.3) is 0 Å². The van der Waals surface area contributed by atoms with E-state index in [-0.39, 0.29) is 0 Å². The Morgan fingerprint density at radius 3 is 1.88 bits per heavy atom. The van der Waals surface area contributed by atoms with Crippen LogP contribution in [0.2, 0.25) is 0 Å². The Balaban J connectivity index is 1.23. The van der Waals surface area contributed by atoms with Crippen molar-refractivity contribution in [3.63, 3.8) is 0 Å². The Morgan fingerprint density at radius 1 is 0.500 bits per heavy atom. The van der Waals surface area contributed by atoms with Crippen molar-refractivity contribution in [1.82, 2.24) is 0 Å². The largest absolute Gasteiger partial charge is 0.455 e. The Hall–Kier alpha value is -5.26. The van der Waals surface area contributed by atoms with E-state index in [1.165, 1.54) is 32.3 Å². The van der Waals surface area contributed by atoms with E-state index in [9.17, 15) is 4.21 Å². The van der Waals surface area contributed by atoms with Crippen molar-refractivity contribution in [2.45, 2.75) is 9.79 Å². The standard InChI is InChI=1S/C37H22N2O2S/c40-42-35-18-6-5-16-33(35)41-34-17-8-15-32(36(34)42)38-37(39-42)25-10-7-9-23(21-25)24-19-20-30-28-13-2-1-11-26(28)27-12-3-4-14-29(27)31(30)22-24/h1-22H. The van der Waals surface area contributed by atoms with Gasteiger partial charge >= 0.3 is 0 Å². The minimum atomic E-state index is -2.97. The highest BCUT2D eigenvalue weighted by Crippen LogP contribution is 2.49. The van der Waals surface area contributed by atoms with Crippen LogP contribution in [-0.2, 0) is 9.73 Å². The van der Waals surface area contributed by atoms with Crippen molar-refractivity contribution in [2.24, 2.45) is 9.36 Å². The summed E-state index contributed by atoms with van der Waals surface area (Å²) in [4.78, 5) is 6.02. The fourth-order valence-corrected chi connectivity index (χ4v) is 8.56. The molecule has 0 amide bonds. The van der Waals surface area contributed by atoms with E-state index >= 15 is 0 Å². The van der Waals surface area contributed by atoms with E-state index in [4.69, 9.17) is 14.1 Å². The first-order chi connectivity index (χ1) is 20.7. The molecule has 0 spiro atoms. The summed E-state index contributed by atoms with van der Waals surface area (Å²) in [6.07, 6.45) is 0. The molecular formula is C37H22N2O2S. The Bertz CT molecular complexity index is 2420. The van der Waals surface area contributed by atoms with Gasteiger partial charge < -0.3 is 4.74 Å². The molecule has 2 heterocycles. The van der Waals surface area contributed by atoms with E-state index in [0.717, 1.165) is 16.7 Å². The van der Waals surface area contributed by atoms with Gasteiger partial charge in [-0.3, -0.25) is 0 Å². The average Bonchev–Trinajstić information content (AvgIpc) is 3.05. The maximum absolute atomic E-state index is 14.7. The fraction of sp³-hybridized carbons (Fsp3) is 0. The number of benzene rings is 7. The van der Waals surface area contributed by atoms with E-state index in [2.05, 4.69) is 78.9 Å². The lowest BCUT2D eigenvalue weighted by molar-refractivity contribution is 0.449. The number of aliphatic imine (C=N–C) groups is 1. The maximum Gasteiger partial charge on any atom is 0.170 e. The summed E-state index contributed by atoms with van der Waals surface area (Å²) in [6.45, 7) is 0. The van der Waals surface area contributed by atoms with Crippen LogP contribution in [0.5, 0.6) is 11.5 Å². The molecule has 2 aliphatic heterocycles. The lowest BCUT2D eigenvalue weighted by Crippen LogP contribution is -2.16. The monoisotopic (exact) mass is 558 g/mol. The summed E-state index contributed by atoms with van der Waals surface area (Å²) in [6, 6.07) is 45.1. The van der Waals surface area contributed by atoms with Gasteiger partial charge in [0.1, 0.15) is 26.1 Å². The van der Waals surface area contributed by atoms with Crippen LogP contribution in [0.25, 0.3) is 43.4 Å². The van der Waals surface area contributed by atoms with Crippen LogP contribution in [-0.4, -0.2) is 10.0 Å². The second-order valence-corrected chi connectivity index (χ2v) is 12.7. The van der Waals surface area contributed by atoms with Crippen LogP contribution in [0, 0.1) is 0 Å². The number of amidine groups is 1. The molecule has 1 atom stereocenters. The smallest absolute Gasteiger partial charge is 0.170 e. The molecule has 0 bridgehead atoms. The SMILES string of the molecule is O=S12=NC(c3cccc(-c4ccc5c6ccccc6c6ccccc6c5c4)c3)=Nc3cccc(c31)Oc1ccccc12. The lowest BCUT2D eigenvalue weighted by atomic mass is 9.92. The summed E-state index contributed by atoms with van der Waals surface area (Å²) >= 11 is 0. The minimum Gasteiger partial charge on any atom is -0.455 e. The zero-order valence-electron chi connectivity index (χ0n) is 22.3. The van der Waals surface area contributed by atoms with Crippen LogP contribution in [0.15, 0.2) is 153 Å². The summed E-state index contributed by atoms with van der Waals surface area (Å²) in [7, 11) is -2.97. The number of rotatable bonds is 2. The number of hydrogen-bond donors (Lipinski definition) is 0. The highest BCUT2D eigenvalue weighted by atomic mass is 32.2. The van der Waals surface area contributed by atoms with Crippen molar-refractivity contribution in [1.29, 1.82) is 0 Å². The first-order valence-corrected chi connectivity index (χ1v) is 15.4. The highest BCUT2D eigenvalue weighted by molar-refractivity contribution is 7.94. The molecule has 9 rings (SSSR count). The third kappa shape index (κ3) is 3.28. The van der Waals surface area contributed by atoms with E-state index in [1.54, 1.807) is 0 Å². The topological polar surface area (TPSA) is 51.0 Å². The predicted molar refractivity (Wildman–Crippen MR) is 171 cm³/mol. The zero-order valence-corrected chi connectivity index (χ0v) is 23.1. The normalized spacial score (nSPS) is 16.8. The van der Waals surface area contributed by atoms with Crippen molar-refractivity contribution in [3.8, 4) is 22.6 Å². The Kier molecular flexibility index (Phi) is 4.81. The number of nitrogens with zero attached hydrogens (tertiary/aromatic N) is 2. The molecule has 0 saturated carbocycles. The Morgan fingerprint density at radius 2 is 1.10 bits per heavy atom. The third-order valence-corrected chi connectivity index (χ3v) is 10.6. The summed E-state index contributed by atoms with van der Waals surface area (Å²) in [5, 5.41) is 7.45. The van der Waals surface area contributed by atoms with Gasteiger partial charge in [0, 0.05) is 5.56 Å². The predicted octanol–water partition coefficient (Wildman–Crippen LogP) is 9.90.